The number of rotatable bonds is 4. The van der Waals surface area contributed by atoms with Gasteiger partial charge in [-0.2, -0.15) is 0 Å². The average Bonchev–Trinajstić information content (AvgIpc) is 2.80. The summed E-state index contributed by atoms with van der Waals surface area (Å²) in [5, 5.41) is 0. The van der Waals surface area contributed by atoms with Gasteiger partial charge in [-0.1, -0.05) is 0 Å². The molecule has 0 aromatic heterocycles. The molecule has 2 rings (SSSR count). The van der Waals surface area contributed by atoms with Gasteiger partial charge < -0.3 is 15.4 Å². The Labute approximate surface area is 93.0 Å². The first kappa shape index (κ1) is 11.4. The van der Waals surface area contributed by atoms with Gasteiger partial charge in [0.25, 0.3) is 0 Å². The average molecular weight is 212 g/mol. The van der Waals surface area contributed by atoms with Crippen LogP contribution in [0.25, 0.3) is 0 Å². The summed E-state index contributed by atoms with van der Waals surface area (Å²) in [6.07, 6.45) is 5.21. The summed E-state index contributed by atoms with van der Waals surface area (Å²) in [6, 6.07) is 0. The Morgan fingerprint density at radius 2 is 1.93 bits per heavy atom. The molecule has 0 aromatic carbocycles. The summed E-state index contributed by atoms with van der Waals surface area (Å²) in [4.78, 5) is 2.60. The van der Waals surface area contributed by atoms with E-state index in [4.69, 9.17) is 10.5 Å². The Kier molecular flexibility index (Phi) is 4.42. The smallest absolute Gasteiger partial charge is 0.0495 e. The summed E-state index contributed by atoms with van der Waals surface area (Å²) in [6.45, 7) is 6.65. The number of hydrogen-bond donors (Lipinski definition) is 1. The Bertz CT molecular complexity index is 172. The molecule has 3 nitrogen and oxygen atoms in total. The third-order valence-electron chi connectivity index (χ3n) is 3.92. The topological polar surface area (TPSA) is 38.5 Å². The van der Waals surface area contributed by atoms with Gasteiger partial charge >= 0.3 is 0 Å². The maximum atomic E-state index is 5.69. The van der Waals surface area contributed by atoms with Crippen molar-refractivity contribution in [3.05, 3.63) is 0 Å². The molecule has 2 aliphatic rings. The minimum absolute atomic E-state index is 0.788. The molecular formula is C12H24N2O. The van der Waals surface area contributed by atoms with Gasteiger partial charge in [-0.15, -0.1) is 0 Å². The molecule has 0 spiro atoms. The number of nitrogens with two attached hydrogens (primary N) is 1. The van der Waals surface area contributed by atoms with Crippen molar-refractivity contribution < 1.29 is 4.74 Å². The van der Waals surface area contributed by atoms with Crippen molar-refractivity contribution in [3.8, 4) is 0 Å². The normalized spacial score (nSPS) is 29.8. The van der Waals surface area contributed by atoms with Gasteiger partial charge in [0.2, 0.25) is 0 Å². The predicted molar refractivity (Wildman–Crippen MR) is 61.8 cm³/mol. The molecule has 2 saturated heterocycles. The van der Waals surface area contributed by atoms with Crippen molar-refractivity contribution in [2.24, 2.45) is 17.6 Å². The van der Waals surface area contributed by atoms with Crippen LogP contribution in [0.3, 0.4) is 0 Å². The van der Waals surface area contributed by atoms with Gasteiger partial charge in [-0.3, -0.25) is 0 Å². The lowest BCUT2D eigenvalue weighted by Gasteiger charge is -2.31. The van der Waals surface area contributed by atoms with E-state index in [-0.39, 0.29) is 0 Å². The van der Waals surface area contributed by atoms with Crippen LogP contribution in [0.4, 0.5) is 0 Å². The molecule has 2 aliphatic heterocycles. The van der Waals surface area contributed by atoms with Crippen molar-refractivity contribution in [2.75, 3.05) is 39.4 Å². The van der Waals surface area contributed by atoms with Crippen LogP contribution >= 0.6 is 0 Å². The van der Waals surface area contributed by atoms with E-state index in [0.717, 1.165) is 31.6 Å². The molecule has 0 aliphatic carbocycles. The van der Waals surface area contributed by atoms with Gasteiger partial charge in [-0.25, -0.2) is 0 Å². The van der Waals surface area contributed by atoms with E-state index in [1.807, 2.05) is 0 Å². The first-order valence-corrected chi connectivity index (χ1v) is 6.38. The van der Waals surface area contributed by atoms with Crippen LogP contribution < -0.4 is 5.73 Å². The van der Waals surface area contributed by atoms with E-state index in [9.17, 15) is 0 Å². The molecule has 0 bridgehead atoms. The second-order valence-electron chi connectivity index (χ2n) is 5.04. The van der Waals surface area contributed by atoms with Crippen LogP contribution in [-0.4, -0.2) is 44.3 Å². The summed E-state index contributed by atoms with van der Waals surface area (Å²) in [7, 11) is 0. The second kappa shape index (κ2) is 5.83. The standard InChI is InChI=1S/C12H24N2O/c13-9-11-1-5-14(6-2-11)7-3-12-4-8-15-10-12/h11-12H,1-10,13H2. The van der Waals surface area contributed by atoms with Crippen LogP contribution in [0, 0.1) is 11.8 Å². The van der Waals surface area contributed by atoms with Crippen molar-refractivity contribution >= 4 is 0 Å². The molecule has 88 valence electrons. The molecule has 0 aromatic rings. The summed E-state index contributed by atoms with van der Waals surface area (Å²) in [5.74, 6) is 1.62. The zero-order valence-electron chi connectivity index (χ0n) is 9.66. The van der Waals surface area contributed by atoms with E-state index in [1.165, 1.54) is 45.3 Å². The maximum Gasteiger partial charge on any atom is 0.0495 e. The van der Waals surface area contributed by atoms with E-state index in [1.54, 1.807) is 0 Å². The van der Waals surface area contributed by atoms with E-state index >= 15 is 0 Å². The summed E-state index contributed by atoms with van der Waals surface area (Å²) in [5.41, 5.74) is 5.69. The SMILES string of the molecule is NCC1CCN(CCC2CCOC2)CC1. The quantitative estimate of drug-likeness (QED) is 0.758. The Hall–Kier alpha value is -0.120. The van der Waals surface area contributed by atoms with E-state index in [0.29, 0.717) is 0 Å². The predicted octanol–water partition coefficient (Wildman–Crippen LogP) is 1.08. The number of piperidine rings is 1. The fourth-order valence-corrected chi connectivity index (χ4v) is 2.62. The van der Waals surface area contributed by atoms with Gasteiger partial charge in [0.1, 0.15) is 0 Å². The van der Waals surface area contributed by atoms with Crippen LogP contribution in [0.2, 0.25) is 0 Å². The Morgan fingerprint density at radius 3 is 2.53 bits per heavy atom. The number of nitrogens with zero attached hydrogens (tertiary/aromatic N) is 1. The molecule has 2 fully saturated rings. The fourth-order valence-electron chi connectivity index (χ4n) is 2.62. The van der Waals surface area contributed by atoms with Crippen LogP contribution in [0.1, 0.15) is 25.7 Å². The molecule has 3 heteroatoms. The van der Waals surface area contributed by atoms with Gasteiger partial charge in [0.15, 0.2) is 0 Å². The maximum absolute atomic E-state index is 5.69. The highest BCUT2D eigenvalue weighted by Crippen LogP contribution is 2.20. The molecular weight excluding hydrogens is 188 g/mol. The number of hydrogen-bond acceptors (Lipinski definition) is 3. The molecule has 0 amide bonds. The van der Waals surface area contributed by atoms with Gasteiger partial charge in [0, 0.05) is 13.2 Å². The second-order valence-corrected chi connectivity index (χ2v) is 5.04. The van der Waals surface area contributed by atoms with E-state index < -0.39 is 0 Å². The van der Waals surface area contributed by atoms with Gasteiger partial charge in [0.05, 0.1) is 0 Å². The molecule has 1 unspecified atom stereocenters. The minimum Gasteiger partial charge on any atom is -0.381 e. The van der Waals surface area contributed by atoms with Crippen molar-refractivity contribution in [2.45, 2.75) is 25.7 Å². The lowest BCUT2D eigenvalue weighted by atomic mass is 9.96. The third-order valence-corrected chi connectivity index (χ3v) is 3.92. The Balaban J connectivity index is 1.59. The van der Waals surface area contributed by atoms with Crippen molar-refractivity contribution in [1.82, 2.24) is 4.90 Å². The largest absolute Gasteiger partial charge is 0.381 e. The molecule has 1 atom stereocenters. The van der Waals surface area contributed by atoms with Crippen molar-refractivity contribution in [3.63, 3.8) is 0 Å². The fraction of sp³-hybridized carbons (Fsp3) is 1.00. The Morgan fingerprint density at radius 1 is 1.13 bits per heavy atom. The van der Waals surface area contributed by atoms with Gasteiger partial charge in [-0.05, 0) is 63.7 Å². The molecule has 15 heavy (non-hydrogen) atoms. The highest BCUT2D eigenvalue weighted by molar-refractivity contribution is 4.74. The van der Waals surface area contributed by atoms with Crippen molar-refractivity contribution in [1.29, 1.82) is 0 Å². The first-order valence-electron chi connectivity index (χ1n) is 6.38. The van der Waals surface area contributed by atoms with Crippen LogP contribution in [0.5, 0.6) is 0 Å². The lowest BCUT2D eigenvalue weighted by Crippen LogP contribution is -2.37. The minimum atomic E-state index is 0.788. The first-order chi connectivity index (χ1) is 7.38. The lowest BCUT2D eigenvalue weighted by molar-refractivity contribution is 0.161. The number of likely N-dealkylation sites (tertiary alicyclic amines) is 1. The highest BCUT2D eigenvalue weighted by atomic mass is 16.5. The third kappa shape index (κ3) is 3.44. The molecule has 2 N–H and O–H groups in total. The summed E-state index contributed by atoms with van der Waals surface area (Å²) < 4.78 is 5.40. The zero-order valence-corrected chi connectivity index (χ0v) is 9.66. The monoisotopic (exact) mass is 212 g/mol. The zero-order chi connectivity index (χ0) is 10.5. The van der Waals surface area contributed by atoms with E-state index in [2.05, 4.69) is 4.90 Å². The van der Waals surface area contributed by atoms with Crippen LogP contribution in [0.15, 0.2) is 0 Å². The molecule has 2 heterocycles. The number of ether oxygens (including phenoxy) is 1. The molecule has 0 radical (unpaired) electrons. The highest BCUT2D eigenvalue weighted by Gasteiger charge is 2.20. The molecule has 0 saturated carbocycles. The summed E-state index contributed by atoms with van der Waals surface area (Å²) >= 11 is 0. The van der Waals surface area contributed by atoms with Crippen LogP contribution in [-0.2, 0) is 4.74 Å².